The highest BCUT2D eigenvalue weighted by atomic mass is 35.5. The van der Waals surface area contributed by atoms with Crippen molar-refractivity contribution >= 4 is 17.5 Å². The molecule has 1 aromatic rings. The maximum absolute atomic E-state index is 13.9. The van der Waals surface area contributed by atoms with Gasteiger partial charge >= 0.3 is 0 Å². The third kappa shape index (κ3) is 3.28. The second-order valence-electron chi connectivity index (χ2n) is 6.22. The number of hydrogen-bond donors (Lipinski definition) is 0. The van der Waals surface area contributed by atoms with Gasteiger partial charge in [0.15, 0.2) is 0 Å². The van der Waals surface area contributed by atoms with Crippen LogP contribution in [-0.2, 0) is 0 Å². The average Bonchev–Trinajstić information content (AvgIpc) is 2.55. The Morgan fingerprint density at radius 2 is 1.77 bits per heavy atom. The van der Waals surface area contributed by atoms with Crippen LogP contribution in [0.25, 0.3) is 0 Å². The number of carbonyl (C=O) groups is 1. The zero-order chi connectivity index (χ0) is 15.5. The van der Waals surface area contributed by atoms with Gasteiger partial charge in [-0.1, -0.05) is 36.9 Å². The fourth-order valence-electron chi connectivity index (χ4n) is 3.60. The van der Waals surface area contributed by atoms with E-state index in [0.717, 1.165) is 13.1 Å². The Bertz CT molecular complexity index is 517. The van der Waals surface area contributed by atoms with E-state index in [-0.39, 0.29) is 16.5 Å². The Hall–Kier alpha value is -1.13. The van der Waals surface area contributed by atoms with E-state index >= 15 is 0 Å². The predicted octanol–water partition coefficient (Wildman–Crippen LogP) is 3.57. The fourth-order valence-corrected chi connectivity index (χ4v) is 3.84. The number of hydrogen-bond acceptors (Lipinski definition) is 2. The molecule has 2 aliphatic rings. The van der Waals surface area contributed by atoms with Crippen LogP contribution in [0.15, 0.2) is 18.2 Å². The number of amides is 1. The smallest absolute Gasteiger partial charge is 0.258 e. The van der Waals surface area contributed by atoms with E-state index in [0.29, 0.717) is 19.1 Å². The minimum Gasteiger partial charge on any atom is -0.336 e. The van der Waals surface area contributed by atoms with Crippen LogP contribution in [0, 0.1) is 5.82 Å². The summed E-state index contributed by atoms with van der Waals surface area (Å²) in [5, 5.41) is 0.194. The van der Waals surface area contributed by atoms with Crippen molar-refractivity contribution in [3.63, 3.8) is 0 Å². The molecule has 0 N–H and O–H groups in total. The third-order valence-corrected chi connectivity index (χ3v) is 5.18. The third-order valence-electron chi connectivity index (χ3n) is 4.87. The molecule has 120 valence electrons. The number of piperazine rings is 1. The highest BCUT2D eigenvalue weighted by Gasteiger charge is 2.29. The van der Waals surface area contributed by atoms with E-state index in [1.165, 1.54) is 44.2 Å². The molecule has 0 radical (unpaired) electrons. The molecular weight excluding hydrogens is 303 g/mol. The zero-order valence-electron chi connectivity index (χ0n) is 12.7. The number of halogens is 2. The lowest BCUT2D eigenvalue weighted by Gasteiger charge is -2.40. The molecule has 1 saturated carbocycles. The predicted molar refractivity (Wildman–Crippen MR) is 85.8 cm³/mol. The van der Waals surface area contributed by atoms with E-state index in [1.54, 1.807) is 11.0 Å². The van der Waals surface area contributed by atoms with E-state index in [9.17, 15) is 9.18 Å². The van der Waals surface area contributed by atoms with Crippen LogP contribution in [0.2, 0.25) is 5.02 Å². The first kappa shape index (κ1) is 15.8. The number of nitrogens with zero attached hydrogens (tertiary/aromatic N) is 2. The van der Waals surface area contributed by atoms with Gasteiger partial charge in [0.25, 0.3) is 5.91 Å². The van der Waals surface area contributed by atoms with Crippen molar-refractivity contribution in [3.05, 3.63) is 34.6 Å². The van der Waals surface area contributed by atoms with Crippen molar-refractivity contribution < 1.29 is 9.18 Å². The summed E-state index contributed by atoms with van der Waals surface area (Å²) in [6, 6.07) is 5.05. The lowest BCUT2D eigenvalue weighted by Crippen LogP contribution is -2.52. The molecule has 2 fully saturated rings. The van der Waals surface area contributed by atoms with Crippen LogP contribution in [-0.4, -0.2) is 47.9 Å². The van der Waals surface area contributed by atoms with Crippen molar-refractivity contribution in [3.8, 4) is 0 Å². The summed E-state index contributed by atoms with van der Waals surface area (Å²) in [6.45, 7) is 3.06. The number of benzene rings is 1. The lowest BCUT2D eigenvalue weighted by molar-refractivity contribution is 0.0519. The van der Waals surface area contributed by atoms with E-state index in [1.807, 2.05) is 0 Å². The highest BCUT2D eigenvalue weighted by molar-refractivity contribution is 6.33. The van der Waals surface area contributed by atoms with E-state index < -0.39 is 5.82 Å². The molecule has 22 heavy (non-hydrogen) atoms. The first-order chi connectivity index (χ1) is 10.7. The topological polar surface area (TPSA) is 23.6 Å². The molecule has 0 unspecified atom stereocenters. The molecule has 1 aliphatic carbocycles. The van der Waals surface area contributed by atoms with Gasteiger partial charge in [-0.2, -0.15) is 0 Å². The molecule has 1 amide bonds. The lowest BCUT2D eigenvalue weighted by atomic mass is 9.94. The van der Waals surface area contributed by atoms with Gasteiger partial charge in [0, 0.05) is 32.2 Å². The van der Waals surface area contributed by atoms with E-state index in [4.69, 9.17) is 11.6 Å². The molecular formula is C17H22ClFN2O. The molecule has 1 aromatic carbocycles. The van der Waals surface area contributed by atoms with Gasteiger partial charge in [-0.3, -0.25) is 9.69 Å². The minimum atomic E-state index is -0.535. The maximum atomic E-state index is 13.9. The van der Waals surface area contributed by atoms with Crippen LogP contribution in [0.4, 0.5) is 4.39 Å². The summed E-state index contributed by atoms with van der Waals surface area (Å²) in [6.07, 6.45) is 6.52. The van der Waals surface area contributed by atoms with Crippen molar-refractivity contribution in [2.45, 2.75) is 38.1 Å². The molecule has 0 aromatic heterocycles. The largest absolute Gasteiger partial charge is 0.336 e. The van der Waals surface area contributed by atoms with Crippen molar-refractivity contribution in [1.82, 2.24) is 9.80 Å². The minimum absolute atomic E-state index is 0.00952. The monoisotopic (exact) mass is 324 g/mol. The van der Waals surface area contributed by atoms with Gasteiger partial charge in [-0.25, -0.2) is 4.39 Å². The SMILES string of the molecule is O=C(c1c(F)cccc1Cl)N1CCN(C2CCCCC2)CC1. The zero-order valence-corrected chi connectivity index (χ0v) is 13.5. The molecule has 1 heterocycles. The molecule has 0 spiro atoms. The Labute approximate surface area is 136 Å². The second-order valence-corrected chi connectivity index (χ2v) is 6.62. The molecule has 0 atom stereocenters. The Balaban J connectivity index is 1.62. The Morgan fingerprint density at radius 1 is 1.09 bits per heavy atom. The fraction of sp³-hybridized carbons (Fsp3) is 0.588. The summed E-state index contributed by atoms with van der Waals surface area (Å²) in [4.78, 5) is 16.7. The van der Waals surface area contributed by atoms with Gasteiger partial charge in [0.1, 0.15) is 5.82 Å². The van der Waals surface area contributed by atoms with Crippen LogP contribution in [0.1, 0.15) is 42.5 Å². The molecule has 0 bridgehead atoms. The van der Waals surface area contributed by atoms with Crippen LogP contribution in [0.5, 0.6) is 0 Å². The first-order valence-electron chi connectivity index (χ1n) is 8.14. The summed E-state index contributed by atoms with van der Waals surface area (Å²) < 4.78 is 13.9. The van der Waals surface area contributed by atoms with Crippen LogP contribution in [0.3, 0.4) is 0 Å². The quantitative estimate of drug-likeness (QED) is 0.830. The summed E-state index contributed by atoms with van der Waals surface area (Å²) in [5.74, 6) is -0.821. The summed E-state index contributed by atoms with van der Waals surface area (Å²) in [7, 11) is 0. The molecule has 3 nitrogen and oxygen atoms in total. The van der Waals surface area contributed by atoms with Gasteiger partial charge in [-0.05, 0) is 25.0 Å². The maximum Gasteiger partial charge on any atom is 0.258 e. The van der Waals surface area contributed by atoms with E-state index in [2.05, 4.69) is 4.90 Å². The standard InChI is InChI=1S/C17H22ClFN2O/c18-14-7-4-8-15(19)16(14)17(22)21-11-9-20(10-12-21)13-5-2-1-3-6-13/h4,7-8,13H,1-3,5-6,9-12H2. The normalized spacial score (nSPS) is 21.1. The van der Waals surface area contributed by atoms with Gasteiger partial charge in [0.05, 0.1) is 10.6 Å². The second kappa shape index (κ2) is 6.97. The van der Waals surface area contributed by atoms with Crippen LogP contribution >= 0.6 is 11.6 Å². The summed E-state index contributed by atoms with van der Waals surface area (Å²) in [5.41, 5.74) is 0.00952. The Kier molecular flexibility index (Phi) is 4.99. The average molecular weight is 325 g/mol. The van der Waals surface area contributed by atoms with Gasteiger partial charge in [0.2, 0.25) is 0 Å². The molecule has 3 rings (SSSR count). The Morgan fingerprint density at radius 3 is 2.41 bits per heavy atom. The molecule has 1 saturated heterocycles. The summed E-state index contributed by atoms with van der Waals surface area (Å²) >= 11 is 6.00. The van der Waals surface area contributed by atoms with Crippen molar-refractivity contribution in [2.24, 2.45) is 0 Å². The van der Waals surface area contributed by atoms with Crippen LogP contribution < -0.4 is 0 Å². The van der Waals surface area contributed by atoms with Gasteiger partial charge in [-0.15, -0.1) is 0 Å². The highest BCUT2D eigenvalue weighted by Crippen LogP contribution is 2.25. The van der Waals surface area contributed by atoms with Crippen molar-refractivity contribution in [2.75, 3.05) is 26.2 Å². The first-order valence-corrected chi connectivity index (χ1v) is 8.52. The molecule has 5 heteroatoms. The molecule has 1 aliphatic heterocycles. The number of carbonyl (C=O) groups excluding carboxylic acids is 1. The number of rotatable bonds is 2. The van der Waals surface area contributed by atoms with Crippen molar-refractivity contribution in [1.29, 1.82) is 0 Å². The van der Waals surface area contributed by atoms with Gasteiger partial charge < -0.3 is 4.90 Å².